The van der Waals surface area contributed by atoms with Gasteiger partial charge in [-0.15, -0.1) is 0 Å². The molecule has 0 aliphatic carbocycles. The first kappa shape index (κ1) is 12.5. The summed E-state index contributed by atoms with van der Waals surface area (Å²) in [5.41, 5.74) is 0.559. The number of halogens is 1. The fourth-order valence-electron chi connectivity index (χ4n) is 1.73. The van der Waals surface area contributed by atoms with E-state index in [9.17, 15) is 13.2 Å². The van der Waals surface area contributed by atoms with Gasteiger partial charge in [-0.3, -0.25) is 4.79 Å². The quantitative estimate of drug-likeness (QED) is 0.820. The summed E-state index contributed by atoms with van der Waals surface area (Å²) >= 11 is 3.27. The molecule has 1 fully saturated rings. The van der Waals surface area contributed by atoms with Crippen molar-refractivity contribution in [2.45, 2.75) is 16.1 Å². The van der Waals surface area contributed by atoms with E-state index in [2.05, 4.69) is 15.9 Å². The molecule has 2 N–H and O–H groups in total. The number of hydrogen-bond acceptors (Lipinski definition) is 3. The molecule has 7 heteroatoms. The number of primary sulfonamides is 1. The standard InChI is InChI=1S/C10H11BrN2O3S/c11-9-4-5-13(10(9)14)7-2-1-3-8(6-7)17(12,15)16/h1-3,6,9H,4-5H2,(H2,12,15,16). The summed E-state index contributed by atoms with van der Waals surface area (Å²) in [7, 11) is -3.74. The van der Waals surface area contributed by atoms with Gasteiger partial charge in [-0.05, 0) is 24.6 Å². The first-order chi connectivity index (χ1) is 7.89. The molecule has 0 saturated carbocycles. The number of carbonyl (C=O) groups is 1. The highest BCUT2D eigenvalue weighted by atomic mass is 79.9. The van der Waals surface area contributed by atoms with E-state index in [1.165, 1.54) is 12.1 Å². The van der Waals surface area contributed by atoms with Crippen molar-refractivity contribution < 1.29 is 13.2 Å². The molecule has 1 aliphatic rings. The summed E-state index contributed by atoms with van der Waals surface area (Å²) in [5, 5.41) is 5.05. The van der Waals surface area contributed by atoms with Gasteiger partial charge in [-0.25, -0.2) is 13.6 Å². The van der Waals surface area contributed by atoms with Gasteiger partial charge in [0.25, 0.3) is 0 Å². The molecule has 1 aromatic carbocycles. The summed E-state index contributed by atoms with van der Waals surface area (Å²) in [5.74, 6) is -0.0587. The van der Waals surface area contributed by atoms with Crippen molar-refractivity contribution in [2.75, 3.05) is 11.4 Å². The Morgan fingerprint density at radius 3 is 2.65 bits per heavy atom. The highest BCUT2D eigenvalue weighted by Gasteiger charge is 2.30. The highest BCUT2D eigenvalue weighted by molar-refractivity contribution is 9.10. The number of alkyl halides is 1. The second-order valence-corrected chi connectivity index (χ2v) is 6.46. The van der Waals surface area contributed by atoms with E-state index in [1.807, 2.05) is 0 Å². The molecule has 1 aromatic rings. The molecule has 1 aliphatic heterocycles. The van der Waals surface area contributed by atoms with Crippen LogP contribution in [0.15, 0.2) is 29.2 Å². The summed E-state index contributed by atoms with van der Waals surface area (Å²) in [6, 6.07) is 6.09. The Hall–Kier alpha value is -0.920. The Morgan fingerprint density at radius 2 is 2.12 bits per heavy atom. The lowest BCUT2D eigenvalue weighted by Gasteiger charge is -2.16. The molecule has 0 radical (unpaired) electrons. The normalized spacial score (nSPS) is 20.9. The second-order valence-electron chi connectivity index (χ2n) is 3.79. The van der Waals surface area contributed by atoms with E-state index in [-0.39, 0.29) is 15.6 Å². The Morgan fingerprint density at radius 1 is 1.41 bits per heavy atom. The maximum atomic E-state index is 11.8. The van der Waals surface area contributed by atoms with E-state index in [1.54, 1.807) is 17.0 Å². The summed E-state index contributed by atoms with van der Waals surface area (Å²) in [6.07, 6.45) is 0.707. The molecule has 1 amide bonds. The molecular weight excluding hydrogens is 308 g/mol. The van der Waals surface area contributed by atoms with Crippen LogP contribution < -0.4 is 10.0 Å². The van der Waals surface area contributed by atoms with Crippen molar-refractivity contribution in [1.29, 1.82) is 0 Å². The van der Waals surface area contributed by atoms with E-state index in [4.69, 9.17) is 5.14 Å². The molecule has 5 nitrogen and oxygen atoms in total. The van der Waals surface area contributed by atoms with Gasteiger partial charge in [0.05, 0.1) is 9.72 Å². The number of hydrogen-bond donors (Lipinski definition) is 1. The third-order valence-electron chi connectivity index (χ3n) is 2.60. The number of amides is 1. The molecule has 92 valence electrons. The molecule has 1 atom stereocenters. The van der Waals surface area contributed by atoms with Crippen LogP contribution in [-0.4, -0.2) is 25.7 Å². The van der Waals surface area contributed by atoms with Crippen molar-refractivity contribution in [2.24, 2.45) is 5.14 Å². The lowest BCUT2D eigenvalue weighted by Crippen LogP contribution is -2.27. The van der Waals surface area contributed by atoms with Gasteiger partial charge < -0.3 is 4.90 Å². The van der Waals surface area contributed by atoms with Gasteiger partial charge in [0, 0.05) is 12.2 Å². The summed E-state index contributed by atoms with van der Waals surface area (Å²) in [6.45, 7) is 0.572. The van der Waals surface area contributed by atoms with Gasteiger partial charge >= 0.3 is 0 Å². The van der Waals surface area contributed by atoms with E-state index in [0.717, 1.165) is 0 Å². The van der Waals surface area contributed by atoms with Crippen molar-refractivity contribution in [3.63, 3.8) is 0 Å². The van der Waals surface area contributed by atoms with E-state index >= 15 is 0 Å². The fraction of sp³-hybridized carbons (Fsp3) is 0.300. The minimum atomic E-state index is -3.74. The lowest BCUT2D eigenvalue weighted by molar-refractivity contribution is -0.116. The molecule has 0 aromatic heterocycles. The molecule has 0 spiro atoms. The number of rotatable bonds is 2. The number of anilines is 1. The summed E-state index contributed by atoms with van der Waals surface area (Å²) < 4.78 is 22.4. The Labute approximate surface area is 108 Å². The first-order valence-electron chi connectivity index (χ1n) is 4.98. The van der Waals surface area contributed by atoms with Crippen molar-refractivity contribution in [3.8, 4) is 0 Å². The van der Waals surface area contributed by atoms with Gasteiger partial charge in [-0.2, -0.15) is 0 Å². The Balaban J connectivity index is 2.38. The topological polar surface area (TPSA) is 80.5 Å². The Bertz CT molecular complexity index is 558. The highest BCUT2D eigenvalue weighted by Crippen LogP contribution is 2.26. The minimum absolute atomic E-state index is 0.0147. The zero-order valence-corrected chi connectivity index (χ0v) is 11.2. The number of nitrogens with zero attached hydrogens (tertiary/aromatic N) is 1. The van der Waals surface area contributed by atoms with Crippen LogP contribution in [0.5, 0.6) is 0 Å². The molecule has 0 bridgehead atoms. The predicted octanol–water partition coefficient (Wildman–Crippen LogP) is 0.834. The van der Waals surface area contributed by atoms with Crippen LogP contribution in [0.3, 0.4) is 0 Å². The van der Waals surface area contributed by atoms with Crippen LogP contribution in [0.4, 0.5) is 5.69 Å². The largest absolute Gasteiger partial charge is 0.311 e. The average Bonchev–Trinajstić information content (AvgIpc) is 2.59. The SMILES string of the molecule is NS(=O)(=O)c1cccc(N2CCC(Br)C2=O)c1. The number of carbonyl (C=O) groups excluding carboxylic acids is 1. The lowest BCUT2D eigenvalue weighted by atomic mass is 10.3. The van der Waals surface area contributed by atoms with Gasteiger partial charge in [0.2, 0.25) is 15.9 Å². The number of nitrogens with two attached hydrogens (primary N) is 1. The van der Waals surface area contributed by atoms with E-state index < -0.39 is 10.0 Å². The van der Waals surface area contributed by atoms with Crippen LogP contribution in [0.2, 0.25) is 0 Å². The maximum Gasteiger partial charge on any atom is 0.240 e. The second kappa shape index (κ2) is 4.40. The van der Waals surface area contributed by atoms with Crippen LogP contribution in [-0.2, 0) is 14.8 Å². The monoisotopic (exact) mass is 318 g/mol. The molecule has 1 saturated heterocycles. The summed E-state index contributed by atoms with van der Waals surface area (Å²) in [4.78, 5) is 13.1. The molecule has 17 heavy (non-hydrogen) atoms. The van der Waals surface area contributed by atoms with Crippen LogP contribution in [0.1, 0.15) is 6.42 Å². The predicted molar refractivity (Wildman–Crippen MR) is 67.5 cm³/mol. The zero-order valence-electron chi connectivity index (χ0n) is 8.84. The average molecular weight is 319 g/mol. The molecule has 1 heterocycles. The van der Waals surface area contributed by atoms with Crippen molar-refractivity contribution in [3.05, 3.63) is 24.3 Å². The van der Waals surface area contributed by atoms with Gasteiger partial charge in [0.1, 0.15) is 0 Å². The first-order valence-corrected chi connectivity index (χ1v) is 7.44. The third-order valence-corrected chi connectivity index (χ3v) is 4.36. The minimum Gasteiger partial charge on any atom is -0.311 e. The molecule has 1 unspecified atom stereocenters. The third kappa shape index (κ3) is 2.51. The van der Waals surface area contributed by atoms with Crippen molar-refractivity contribution in [1.82, 2.24) is 0 Å². The van der Waals surface area contributed by atoms with Gasteiger partial charge in [-0.1, -0.05) is 22.0 Å². The fourth-order valence-corrected chi connectivity index (χ4v) is 2.74. The maximum absolute atomic E-state index is 11.8. The number of benzene rings is 1. The van der Waals surface area contributed by atoms with Crippen LogP contribution in [0.25, 0.3) is 0 Å². The molecular formula is C10H11BrN2O3S. The van der Waals surface area contributed by atoms with Crippen LogP contribution in [0, 0.1) is 0 Å². The number of sulfonamides is 1. The zero-order chi connectivity index (χ0) is 12.6. The molecule has 2 rings (SSSR count). The van der Waals surface area contributed by atoms with E-state index in [0.29, 0.717) is 18.7 Å². The van der Waals surface area contributed by atoms with Crippen molar-refractivity contribution >= 4 is 37.5 Å². The Kier molecular flexibility index (Phi) is 3.24. The smallest absolute Gasteiger partial charge is 0.240 e. The van der Waals surface area contributed by atoms with Crippen LogP contribution >= 0.6 is 15.9 Å². The van der Waals surface area contributed by atoms with Gasteiger partial charge in [0.15, 0.2) is 0 Å².